The minimum atomic E-state index is -0.703. The largest absolute Gasteiger partial charge is 0.494 e. The topological polar surface area (TPSA) is 66.8 Å². The molecule has 1 N–H and O–H groups in total. The number of carbonyl (C=O) groups excluding carboxylic acids is 2. The normalized spacial score (nSPS) is 14.1. The summed E-state index contributed by atoms with van der Waals surface area (Å²) in [6.45, 7) is 2.62. The van der Waals surface area contributed by atoms with E-state index in [1.54, 1.807) is 6.07 Å². The quantitative estimate of drug-likeness (QED) is 0.491. The minimum Gasteiger partial charge on any atom is -0.494 e. The van der Waals surface area contributed by atoms with E-state index in [9.17, 15) is 14.8 Å². The van der Waals surface area contributed by atoms with Gasteiger partial charge < -0.3 is 4.74 Å². The summed E-state index contributed by atoms with van der Waals surface area (Å²) in [5.41, 5.74) is 0.395. The minimum absolute atomic E-state index is 0.125. The van der Waals surface area contributed by atoms with E-state index in [2.05, 4.69) is 6.92 Å². The number of hydrogen-bond acceptors (Lipinski definition) is 4. The first-order chi connectivity index (χ1) is 8.15. The Balaban J connectivity index is 2.21. The molecule has 0 spiro atoms. The number of imide groups is 1. The zero-order chi connectivity index (χ0) is 12.4. The number of carbonyl (C=O) groups is 2. The predicted molar refractivity (Wildman–Crippen MR) is 59.1 cm³/mol. The van der Waals surface area contributed by atoms with Crippen LogP contribution in [-0.2, 0) is 0 Å². The number of amides is 2. The first-order valence-electron chi connectivity index (χ1n) is 5.49. The van der Waals surface area contributed by atoms with Crippen molar-refractivity contribution in [2.75, 3.05) is 6.61 Å². The fourth-order valence-electron chi connectivity index (χ4n) is 1.63. The van der Waals surface area contributed by atoms with Crippen LogP contribution in [0.3, 0.4) is 0 Å². The number of hydroxylamine groups is 2. The van der Waals surface area contributed by atoms with E-state index in [1.807, 2.05) is 0 Å². The van der Waals surface area contributed by atoms with Crippen molar-refractivity contribution in [1.29, 1.82) is 0 Å². The van der Waals surface area contributed by atoms with E-state index < -0.39 is 11.8 Å². The molecule has 5 heteroatoms. The molecule has 1 aromatic carbocycles. The van der Waals surface area contributed by atoms with Gasteiger partial charge in [0.05, 0.1) is 17.7 Å². The highest BCUT2D eigenvalue weighted by Gasteiger charge is 2.35. The van der Waals surface area contributed by atoms with Gasteiger partial charge in [-0.25, -0.2) is 0 Å². The zero-order valence-electron chi connectivity index (χ0n) is 9.47. The summed E-state index contributed by atoms with van der Waals surface area (Å²) in [6.07, 6.45) is 1.95. The van der Waals surface area contributed by atoms with Gasteiger partial charge in [-0.2, -0.15) is 0 Å². The lowest BCUT2D eigenvalue weighted by Gasteiger charge is -2.05. The summed E-state index contributed by atoms with van der Waals surface area (Å²) in [5.74, 6) is -0.857. The maximum absolute atomic E-state index is 11.5. The average molecular weight is 235 g/mol. The van der Waals surface area contributed by atoms with Crippen molar-refractivity contribution in [3.63, 3.8) is 0 Å². The second-order valence-electron chi connectivity index (χ2n) is 3.83. The lowest BCUT2D eigenvalue weighted by atomic mass is 10.1. The maximum atomic E-state index is 11.5. The molecule has 0 radical (unpaired) electrons. The monoisotopic (exact) mass is 235 g/mol. The van der Waals surface area contributed by atoms with Crippen LogP contribution >= 0.6 is 0 Å². The summed E-state index contributed by atoms with van der Waals surface area (Å²) in [7, 11) is 0. The van der Waals surface area contributed by atoms with Crippen LogP contribution in [0, 0.1) is 0 Å². The van der Waals surface area contributed by atoms with E-state index in [0.717, 1.165) is 12.8 Å². The van der Waals surface area contributed by atoms with Crippen molar-refractivity contribution in [3.05, 3.63) is 29.3 Å². The van der Waals surface area contributed by atoms with Gasteiger partial charge in [-0.1, -0.05) is 13.3 Å². The lowest BCUT2D eigenvalue weighted by molar-refractivity contribution is -0.0327. The highest BCUT2D eigenvalue weighted by molar-refractivity contribution is 6.20. The third-order valence-electron chi connectivity index (χ3n) is 2.60. The Morgan fingerprint density at radius 3 is 2.65 bits per heavy atom. The van der Waals surface area contributed by atoms with Crippen LogP contribution in [0.2, 0.25) is 0 Å². The summed E-state index contributed by atoms with van der Waals surface area (Å²) in [5, 5.41) is 9.31. The van der Waals surface area contributed by atoms with Crippen LogP contribution < -0.4 is 4.74 Å². The van der Waals surface area contributed by atoms with Crippen LogP contribution in [0.15, 0.2) is 18.2 Å². The standard InChI is InChI=1S/C12H13NO4/c1-2-3-6-17-8-4-5-9-10(7-8)12(15)13(16)11(9)14/h4-5,7,16H,2-3,6H2,1H3. The van der Waals surface area contributed by atoms with Gasteiger partial charge in [0.25, 0.3) is 11.8 Å². The van der Waals surface area contributed by atoms with E-state index in [1.165, 1.54) is 12.1 Å². The molecule has 0 saturated heterocycles. The second kappa shape index (κ2) is 4.55. The highest BCUT2D eigenvalue weighted by Crippen LogP contribution is 2.25. The van der Waals surface area contributed by atoms with E-state index in [0.29, 0.717) is 12.4 Å². The van der Waals surface area contributed by atoms with Gasteiger partial charge in [0, 0.05) is 0 Å². The van der Waals surface area contributed by atoms with Crippen molar-refractivity contribution in [2.45, 2.75) is 19.8 Å². The first-order valence-corrected chi connectivity index (χ1v) is 5.49. The molecule has 0 bridgehead atoms. The fraction of sp³-hybridized carbons (Fsp3) is 0.333. The smallest absolute Gasteiger partial charge is 0.285 e. The lowest BCUT2D eigenvalue weighted by Crippen LogP contribution is -2.25. The Hall–Kier alpha value is -1.88. The van der Waals surface area contributed by atoms with Crippen LogP contribution in [0.5, 0.6) is 5.75 Å². The molecule has 1 aliphatic rings. The van der Waals surface area contributed by atoms with E-state index in [-0.39, 0.29) is 16.2 Å². The molecule has 0 aliphatic carbocycles. The van der Waals surface area contributed by atoms with E-state index in [4.69, 9.17) is 4.74 Å². The molecule has 0 unspecified atom stereocenters. The summed E-state index contributed by atoms with van der Waals surface area (Å²) in [4.78, 5) is 22.9. The van der Waals surface area contributed by atoms with Crippen molar-refractivity contribution < 1.29 is 19.5 Å². The van der Waals surface area contributed by atoms with Crippen LogP contribution in [0.25, 0.3) is 0 Å². The Labute approximate surface area is 98.6 Å². The average Bonchev–Trinajstić information content (AvgIpc) is 2.55. The first kappa shape index (κ1) is 11.6. The molecule has 1 aromatic rings. The molecule has 0 atom stereocenters. The van der Waals surface area contributed by atoms with Crippen molar-refractivity contribution in [1.82, 2.24) is 5.06 Å². The molecule has 0 saturated carbocycles. The Morgan fingerprint density at radius 1 is 1.24 bits per heavy atom. The Kier molecular flexibility index (Phi) is 3.10. The summed E-state index contributed by atoms with van der Waals surface area (Å²) < 4.78 is 5.43. The predicted octanol–water partition coefficient (Wildman–Crippen LogP) is 1.85. The molecule has 5 nitrogen and oxygen atoms in total. The van der Waals surface area contributed by atoms with Crippen LogP contribution in [-0.4, -0.2) is 28.7 Å². The van der Waals surface area contributed by atoms with Gasteiger partial charge in [-0.05, 0) is 24.6 Å². The number of fused-ring (bicyclic) bond motifs is 1. The molecule has 0 aromatic heterocycles. The van der Waals surface area contributed by atoms with Crippen LogP contribution in [0.1, 0.15) is 40.5 Å². The molecular weight excluding hydrogens is 222 g/mol. The van der Waals surface area contributed by atoms with Gasteiger partial charge in [0.1, 0.15) is 5.75 Å². The summed E-state index contributed by atoms with van der Waals surface area (Å²) >= 11 is 0. The number of ether oxygens (including phenoxy) is 1. The molecule has 1 aliphatic heterocycles. The summed E-state index contributed by atoms with van der Waals surface area (Å²) in [6, 6.07) is 4.60. The molecule has 0 fully saturated rings. The number of unbranched alkanes of at least 4 members (excludes halogenated alkanes) is 1. The molecule has 90 valence electrons. The molecule has 2 rings (SSSR count). The number of nitrogens with zero attached hydrogens (tertiary/aromatic N) is 1. The van der Waals surface area contributed by atoms with Crippen LogP contribution in [0.4, 0.5) is 0 Å². The highest BCUT2D eigenvalue weighted by atomic mass is 16.5. The Morgan fingerprint density at radius 2 is 1.94 bits per heavy atom. The van der Waals surface area contributed by atoms with Gasteiger partial charge in [-0.15, -0.1) is 5.06 Å². The van der Waals surface area contributed by atoms with Gasteiger partial charge in [0.15, 0.2) is 0 Å². The molecular formula is C12H13NO4. The zero-order valence-corrected chi connectivity index (χ0v) is 9.47. The molecule has 2 amide bonds. The van der Waals surface area contributed by atoms with Crippen molar-refractivity contribution >= 4 is 11.8 Å². The van der Waals surface area contributed by atoms with Gasteiger partial charge in [-0.3, -0.25) is 14.8 Å². The number of hydrogen-bond donors (Lipinski definition) is 1. The SMILES string of the molecule is CCCCOc1ccc2c(c1)C(=O)N(O)C2=O. The van der Waals surface area contributed by atoms with Crippen molar-refractivity contribution in [2.24, 2.45) is 0 Å². The number of rotatable bonds is 4. The van der Waals surface area contributed by atoms with E-state index >= 15 is 0 Å². The Bertz CT molecular complexity index is 470. The third kappa shape index (κ3) is 2.01. The second-order valence-corrected chi connectivity index (χ2v) is 3.83. The molecule has 17 heavy (non-hydrogen) atoms. The molecule has 1 heterocycles. The number of benzene rings is 1. The third-order valence-corrected chi connectivity index (χ3v) is 2.60. The van der Waals surface area contributed by atoms with Crippen molar-refractivity contribution in [3.8, 4) is 5.75 Å². The van der Waals surface area contributed by atoms with Gasteiger partial charge >= 0.3 is 0 Å². The van der Waals surface area contributed by atoms with Gasteiger partial charge in [0.2, 0.25) is 0 Å². The maximum Gasteiger partial charge on any atom is 0.285 e. The fourth-order valence-corrected chi connectivity index (χ4v) is 1.63.